The number of benzene rings is 2. The Morgan fingerprint density at radius 3 is 2.18 bits per heavy atom. The number of methoxy groups -OCH3 is 1. The highest BCUT2D eigenvalue weighted by molar-refractivity contribution is 5.79. The fourth-order valence-electron chi connectivity index (χ4n) is 2.40. The molecule has 0 radical (unpaired) electrons. The van der Waals surface area contributed by atoms with Gasteiger partial charge in [0.25, 0.3) is 0 Å². The molecule has 2 aromatic rings. The zero-order valence-corrected chi connectivity index (χ0v) is 12.1. The molecule has 5 nitrogen and oxygen atoms in total. The number of carboxylic acids is 2. The highest BCUT2D eigenvalue weighted by atomic mass is 16.5. The molecule has 22 heavy (non-hydrogen) atoms. The van der Waals surface area contributed by atoms with Crippen molar-refractivity contribution in [3.05, 3.63) is 53.6 Å². The molecule has 0 aliphatic rings. The summed E-state index contributed by atoms with van der Waals surface area (Å²) in [4.78, 5) is 22.0. The van der Waals surface area contributed by atoms with E-state index in [2.05, 4.69) is 0 Å². The lowest BCUT2D eigenvalue weighted by Gasteiger charge is -2.15. The van der Waals surface area contributed by atoms with Gasteiger partial charge in [-0.1, -0.05) is 36.4 Å². The van der Waals surface area contributed by atoms with E-state index in [9.17, 15) is 9.59 Å². The minimum Gasteiger partial charge on any atom is -0.496 e. The first-order chi connectivity index (χ1) is 10.5. The molecular formula is C17H16O5. The maximum atomic E-state index is 11.0. The molecule has 0 spiro atoms. The second kappa shape index (κ2) is 6.76. The number of carboxylic acid groups (broad SMARTS) is 2. The van der Waals surface area contributed by atoms with Gasteiger partial charge in [0, 0.05) is 11.1 Å². The summed E-state index contributed by atoms with van der Waals surface area (Å²) in [6.07, 6.45) is -0.396. The molecule has 5 heteroatoms. The van der Waals surface area contributed by atoms with Gasteiger partial charge in [-0.25, -0.2) is 0 Å². The van der Waals surface area contributed by atoms with Gasteiger partial charge in [-0.2, -0.15) is 0 Å². The molecular weight excluding hydrogens is 284 g/mol. The molecule has 0 heterocycles. The van der Waals surface area contributed by atoms with E-state index in [1.54, 1.807) is 12.1 Å². The second-order valence-electron chi connectivity index (χ2n) is 4.84. The molecule has 2 aromatic carbocycles. The molecule has 0 saturated carbocycles. The van der Waals surface area contributed by atoms with Gasteiger partial charge in [0.15, 0.2) is 0 Å². The highest BCUT2D eigenvalue weighted by Crippen LogP contribution is 2.35. The monoisotopic (exact) mass is 300 g/mol. The van der Waals surface area contributed by atoms with Crippen molar-refractivity contribution in [2.24, 2.45) is 0 Å². The zero-order chi connectivity index (χ0) is 16.1. The van der Waals surface area contributed by atoms with E-state index in [1.807, 2.05) is 30.3 Å². The molecule has 0 atom stereocenters. The number of aliphatic carboxylic acids is 2. The van der Waals surface area contributed by atoms with Gasteiger partial charge < -0.3 is 14.9 Å². The first kappa shape index (κ1) is 15.6. The Labute approximate surface area is 127 Å². The van der Waals surface area contributed by atoms with Gasteiger partial charge >= 0.3 is 11.9 Å². The molecule has 0 unspecified atom stereocenters. The molecule has 0 saturated heterocycles. The fraction of sp³-hybridized carbons (Fsp3) is 0.176. The molecule has 114 valence electrons. The average Bonchev–Trinajstić information content (AvgIpc) is 2.46. The van der Waals surface area contributed by atoms with Crippen molar-refractivity contribution < 1.29 is 24.5 Å². The standard InChI is InChI=1S/C17H16O5/c1-22-17-13(10-16(20)21)7-11(9-15(18)19)8-14(17)12-5-3-2-4-6-12/h2-8H,9-10H2,1H3,(H,18,19)(H,20,21). The van der Waals surface area contributed by atoms with Crippen LogP contribution < -0.4 is 4.74 Å². The third-order valence-electron chi connectivity index (χ3n) is 3.21. The Balaban J connectivity index is 2.62. The van der Waals surface area contributed by atoms with Crippen LogP contribution in [0, 0.1) is 0 Å². The summed E-state index contributed by atoms with van der Waals surface area (Å²) in [5, 5.41) is 18.0. The number of rotatable bonds is 6. The maximum absolute atomic E-state index is 11.0. The van der Waals surface area contributed by atoms with Crippen molar-refractivity contribution in [1.29, 1.82) is 0 Å². The van der Waals surface area contributed by atoms with Crippen molar-refractivity contribution in [1.82, 2.24) is 0 Å². The Bertz CT molecular complexity index is 692. The van der Waals surface area contributed by atoms with E-state index >= 15 is 0 Å². The molecule has 2 rings (SSSR count). The Morgan fingerprint density at radius 2 is 1.64 bits per heavy atom. The highest BCUT2D eigenvalue weighted by Gasteiger charge is 2.16. The lowest BCUT2D eigenvalue weighted by atomic mass is 9.95. The van der Waals surface area contributed by atoms with Crippen molar-refractivity contribution in [2.45, 2.75) is 12.8 Å². The van der Waals surface area contributed by atoms with Crippen LogP contribution in [-0.2, 0) is 22.4 Å². The molecule has 2 N–H and O–H groups in total. The lowest BCUT2D eigenvalue weighted by Crippen LogP contribution is -2.07. The summed E-state index contributed by atoms with van der Waals surface area (Å²) >= 11 is 0. The van der Waals surface area contributed by atoms with Crippen LogP contribution in [0.3, 0.4) is 0 Å². The predicted molar refractivity (Wildman–Crippen MR) is 81.1 cm³/mol. The smallest absolute Gasteiger partial charge is 0.307 e. The Hall–Kier alpha value is -2.82. The van der Waals surface area contributed by atoms with Gasteiger partial charge in [-0.05, 0) is 17.2 Å². The predicted octanol–water partition coefficient (Wildman–Crippen LogP) is 2.62. The van der Waals surface area contributed by atoms with Crippen LogP contribution in [0.2, 0.25) is 0 Å². The van der Waals surface area contributed by atoms with Crippen molar-refractivity contribution >= 4 is 11.9 Å². The number of hydrogen-bond donors (Lipinski definition) is 2. The van der Waals surface area contributed by atoms with Crippen LogP contribution >= 0.6 is 0 Å². The van der Waals surface area contributed by atoms with Gasteiger partial charge in [-0.3, -0.25) is 9.59 Å². The van der Waals surface area contributed by atoms with Crippen LogP contribution in [0.4, 0.5) is 0 Å². The Morgan fingerprint density at radius 1 is 1.00 bits per heavy atom. The van der Waals surface area contributed by atoms with Gasteiger partial charge in [0.1, 0.15) is 5.75 Å². The third-order valence-corrected chi connectivity index (χ3v) is 3.21. The second-order valence-corrected chi connectivity index (χ2v) is 4.84. The van der Waals surface area contributed by atoms with Crippen molar-refractivity contribution in [3.63, 3.8) is 0 Å². The summed E-state index contributed by atoms with van der Waals surface area (Å²) in [6.45, 7) is 0. The first-order valence-corrected chi connectivity index (χ1v) is 6.70. The quantitative estimate of drug-likeness (QED) is 0.856. The van der Waals surface area contributed by atoms with Gasteiger partial charge in [0.05, 0.1) is 20.0 Å². The molecule has 0 aliphatic heterocycles. The van der Waals surface area contributed by atoms with Gasteiger partial charge in [-0.15, -0.1) is 0 Å². The van der Waals surface area contributed by atoms with E-state index in [1.165, 1.54) is 7.11 Å². The van der Waals surface area contributed by atoms with E-state index < -0.39 is 11.9 Å². The van der Waals surface area contributed by atoms with Crippen LogP contribution in [0.5, 0.6) is 5.75 Å². The fourth-order valence-corrected chi connectivity index (χ4v) is 2.40. The molecule has 0 aromatic heterocycles. The molecule has 0 bridgehead atoms. The van der Waals surface area contributed by atoms with Crippen LogP contribution in [-0.4, -0.2) is 29.3 Å². The largest absolute Gasteiger partial charge is 0.496 e. The molecule has 0 fully saturated rings. The average molecular weight is 300 g/mol. The van der Waals surface area contributed by atoms with E-state index in [0.717, 1.165) is 5.56 Å². The van der Waals surface area contributed by atoms with E-state index in [-0.39, 0.29) is 12.8 Å². The van der Waals surface area contributed by atoms with Crippen LogP contribution in [0.25, 0.3) is 11.1 Å². The summed E-state index contributed by atoms with van der Waals surface area (Å²) in [5.41, 5.74) is 2.55. The van der Waals surface area contributed by atoms with E-state index in [4.69, 9.17) is 14.9 Å². The summed E-state index contributed by atoms with van der Waals surface area (Å²) in [6, 6.07) is 12.6. The minimum atomic E-state index is -0.996. The first-order valence-electron chi connectivity index (χ1n) is 6.70. The maximum Gasteiger partial charge on any atom is 0.307 e. The summed E-state index contributed by atoms with van der Waals surface area (Å²) in [7, 11) is 1.48. The van der Waals surface area contributed by atoms with E-state index in [0.29, 0.717) is 22.4 Å². The molecule has 0 aliphatic carbocycles. The number of hydrogen-bond acceptors (Lipinski definition) is 3. The lowest BCUT2D eigenvalue weighted by molar-refractivity contribution is -0.137. The normalized spacial score (nSPS) is 10.2. The topological polar surface area (TPSA) is 83.8 Å². The van der Waals surface area contributed by atoms with Crippen LogP contribution in [0.1, 0.15) is 11.1 Å². The Kier molecular flexibility index (Phi) is 4.78. The zero-order valence-electron chi connectivity index (χ0n) is 12.1. The van der Waals surface area contributed by atoms with Crippen molar-refractivity contribution in [3.8, 4) is 16.9 Å². The molecule has 0 amide bonds. The minimum absolute atomic E-state index is 0.170. The van der Waals surface area contributed by atoms with Crippen LogP contribution in [0.15, 0.2) is 42.5 Å². The summed E-state index contributed by atoms with van der Waals surface area (Å²) in [5.74, 6) is -1.50. The number of carbonyl (C=O) groups is 2. The SMILES string of the molecule is COc1c(CC(=O)O)cc(CC(=O)O)cc1-c1ccccc1. The van der Waals surface area contributed by atoms with Gasteiger partial charge in [0.2, 0.25) is 0 Å². The number of ether oxygens (including phenoxy) is 1. The van der Waals surface area contributed by atoms with Crippen molar-refractivity contribution in [2.75, 3.05) is 7.11 Å². The summed E-state index contributed by atoms with van der Waals surface area (Å²) < 4.78 is 5.38. The third kappa shape index (κ3) is 3.63.